The number of rotatable bonds is 3. The molecule has 0 bridgehead atoms. The molecular weight excluding hydrogens is 396 g/mol. The van der Waals surface area contributed by atoms with E-state index in [4.69, 9.17) is 0 Å². The third kappa shape index (κ3) is 5.42. The van der Waals surface area contributed by atoms with Crippen molar-refractivity contribution < 1.29 is 17.5 Å². The standard InChI is InChI=1S/C9H11N2S3.C7H8O3S/c1-11-4-6-8(7(5-11)12-2)14-9(10-6)13-3;1-6-2-4-7(5-3-6)11(8,9)10/h4-5H,1-3H3;2-5H,1H3,(H,8,9,10)/q+1;/p-1. The molecule has 0 amide bonds. The Bertz CT molecular complexity index is 967. The van der Waals surface area contributed by atoms with Crippen molar-refractivity contribution >= 4 is 55.2 Å². The Labute approximate surface area is 160 Å². The average molecular weight is 415 g/mol. The van der Waals surface area contributed by atoms with Gasteiger partial charge in [-0.15, -0.1) is 23.1 Å². The highest BCUT2D eigenvalue weighted by molar-refractivity contribution is 8.00. The summed E-state index contributed by atoms with van der Waals surface area (Å²) in [4.78, 5) is 5.68. The summed E-state index contributed by atoms with van der Waals surface area (Å²) in [6.45, 7) is 1.82. The van der Waals surface area contributed by atoms with Gasteiger partial charge in [-0.3, -0.25) is 0 Å². The second-order valence-electron chi connectivity index (χ2n) is 5.16. The number of fused-ring (bicyclic) bond motifs is 1. The van der Waals surface area contributed by atoms with Crippen LogP contribution in [0.5, 0.6) is 0 Å². The zero-order valence-electron chi connectivity index (χ0n) is 14.2. The van der Waals surface area contributed by atoms with Crippen molar-refractivity contribution in [2.75, 3.05) is 12.5 Å². The largest absolute Gasteiger partial charge is 0.744 e. The van der Waals surface area contributed by atoms with Gasteiger partial charge >= 0.3 is 0 Å². The highest BCUT2D eigenvalue weighted by atomic mass is 32.2. The van der Waals surface area contributed by atoms with Crippen LogP contribution in [-0.4, -0.2) is 30.5 Å². The van der Waals surface area contributed by atoms with E-state index in [9.17, 15) is 13.0 Å². The average Bonchev–Trinajstić information content (AvgIpc) is 2.97. The van der Waals surface area contributed by atoms with Gasteiger partial charge in [0.1, 0.15) is 22.7 Å². The smallest absolute Gasteiger partial charge is 0.196 e. The summed E-state index contributed by atoms with van der Waals surface area (Å²) in [5.74, 6) is 0. The van der Waals surface area contributed by atoms with Crippen molar-refractivity contribution in [3.05, 3.63) is 42.2 Å². The van der Waals surface area contributed by atoms with E-state index in [1.807, 2.05) is 14.0 Å². The molecule has 3 aromatic rings. The fourth-order valence-electron chi connectivity index (χ4n) is 1.99. The number of benzene rings is 1. The molecule has 0 fully saturated rings. The summed E-state index contributed by atoms with van der Waals surface area (Å²) in [6.07, 6.45) is 8.39. The lowest BCUT2D eigenvalue weighted by molar-refractivity contribution is -0.672. The van der Waals surface area contributed by atoms with Crippen LogP contribution in [-0.2, 0) is 17.2 Å². The minimum absolute atomic E-state index is 0.178. The third-order valence-electron chi connectivity index (χ3n) is 3.21. The van der Waals surface area contributed by atoms with E-state index < -0.39 is 10.1 Å². The third-order valence-corrected chi connectivity index (χ3v) is 7.03. The molecule has 9 heteroatoms. The summed E-state index contributed by atoms with van der Waals surface area (Å²) in [6, 6.07) is 5.78. The summed E-state index contributed by atoms with van der Waals surface area (Å²) >= 11 is 5.26. The van der Waals surface area contributed by atoms with E-state index in [2.05, 4.69) is 34.5 Å². The Hall–Kier alpha value is -1.13. The van der Waals surface area contributed by atoms with Crippen molar-refractivity contribution in [1.82, 2.24) is 4.98 Å². The number of nitrogens with zero attached hydrogens (tertiary/aromatic N) is 2. The first-order chi connectivity index (χ1) is 11.7. The van der Waals surface area contributed by atoms with E-state index >= 15 is 0 Å². The molecule has 0 atom stereocenters. The van der Waals surface area contributed by atoms with Crippen LogP contribution < -0.4 is 4.57 Å². The second-order valence-corrected chi connectivity index (χ2v) is 9.44. The molecule has 2 heterocycles. The molecule has 0 aliphatic heterocycles. The molecule has 134 valence electrons. The Morgan fingerprint density at radius 3 is 2.28 bits per heavy atom. The molecule has 2 aromatic heterocycles. The molecule has 0 aliphatic carbocycles. The van der Waals surface area contributed by atoms with Gasteiger partial charge in [-0.2, -0.15) is 0 Å². The van der Waals surface area contributed by atoms with Gasteiger partial charge in [0.2, 0.25) is 0 Å². The summed E-state index contributed by atoms with van der Waals surface area (Å²) < 4.78 is 35.7. The molecule has 5 nitrogen and oxygen atoms in total. The first kappa shape index (κ1) is 20.2. The molecule has 0 saturated heterocycles. The maximum Gasteiger partial charge on any atom is 0.196 e. The van der Waals surface area contributed by atoms with Crippen molar-refractivity contribution in [3.8, 4) is 0 Å². The summed E-state index contributed by atoms with van der Waals surface area (Å²) in [7, 11) is -2.23. The van der Waals surface area contributed by atoms with E-state index in [-0.39, 0.29) is 4.90 Å². The van der Waals surface area contributed by atoms with Crippen LogP contribution in [0, 0.1) is 6.92 Å². The van der Waals surface area contributed by atoms with Crippen LogP contribution in [0.1, 0.15) is 5.56 Å². The maximum atomic E-state index is 10.4. The van der Waals surface area contributed by atoms with Gasteiger partial charge in [0, 0.05) is 0 Å². The fraction of sp³-hybridized carbons (Fsp3) is 0.250. The number of thioether (sulfide) groups is 2. The molecule has 3 rings (SSSR count). The number of aromatic nitrogens is 2. The molecule has 0 spiro atoms. The lowest BCUT2D eigenvalue weighted by Crippen LogP contribution is -2.26. The van der Waals surface area contributed by atoms with Gasteiger partial charge in [0.05, 0.1) is 14.5 Å². The van der Waals surface area contributed by atoms with Gasteiger partial charge in [-0.25, -0.2) is 18.0 Å². The van der Waals surface area contributed by atoms with Crippen LogP contribution in [0.15, 0.2) is 50.8 Å². The highest BCUT2D eigenvalue weighted by Crippen LogP contribution is 2.33. The first-order valence-electron chi connectivity index (χ1n) is 7.15. The Balaban J connectivity index is 0.000000186. The van der Waals surface area contributed by atoms with Crippen molar-refractivity contribution in [3.63, 3.8) is 0 Å². The molecule has 0 radical (unpaired) electrons. The van der Waals surface area contributed by atoms with Crippen molar-refractivity contribution in [1.29, 1.82) is 0 Å². The Morgan fingerprint density at radius 2 is 1.76 bits per heavy atom. The Morgan fingerprint density at radius 1 is 1.12 bits per heavy atom. The van der Waals surface area contributed by atoms with Crippen molar-refractivity contribution in [2.24, 2.45) is 7.05 Å². The molecule has 0 N–H and O–H groups in total. The molecule has 0 saturated carbocycles. The van der Waals surface area contributed by atoms with Crippen LogP contribution in [0.4, 0.5) is 0 Å². The molecule has 0 unspecified atom stereocenters. The number of thiazole rings is 1. The highest BCUT2D eigenvalue weighted by Gasteiger charge is 2.12. The van der Waals surface area contributed by atoms with Gasteiger partial charge in [-0.1, -0.05) is 29.5 Å². The van der Waals surface area contributed by atoms with Gasteiger partial charge in [0.25, 0.3) is 0 Å². The van der Waals surface area contributed by atoms with E-state index in [1.165, 1.54) is 21.7 Å². The van der Waals surface area contributed by atoms with Gasteiger partial charge in [-0.05, 0) is 31.6 Å². The first-order valence-corrected chi connectivity index (χ1v) is 11.8. The topological polar surface area (TPSA) is 74.0 Å². The predicted molar refractivity (Wildman–Crippen MR) is 104 cm³/mol. The lowest BCUT2D eigenvalue weighted by Gasteiger charge is -2.05. The predicted octanol–water partition coefficient (Wildman–Crippen LogP) is 3.46. The summed E-state index contributed by atoms with van der Waals surface area (Å²) in [5.41, 5.74) is 2.03. The van der Waals surface area contributed by atoms with E-state index in [1.54, 1.807) is 47.0 Å². The number of pyridine rings is 1. The van der Waals surface area contributed by atoms with Gasteiger partial charge < -0.3 is 4.55 Å². The zero-order valence-corrected chi connectivity index (χ0v) is 17.5. The minimum atomic E-state index is -4.27. The number of hydrogen-bond acceptors (Lipinski definition) is 7. The van der Waals surface area contributed by atoms with E-state index in [0.717, 1.165) is 15.4 Å². The van der Waals surface area contributed by atoms with Gasteiger partial charge in [0.15, 0.2) is 16.7 Å². The lowest BCUT2D eigenvalue weighted by atomic mass is 10.2. The number of aryl methyl sites for hydroxylation is 2. The normalized spacial score (nSPS) is 11.2. The SMILES string of the molecule is CSc1nc2c[n+](C)cc(SC)c2s1.Cc1ccc(S(=O)(=O)[O-])cc1. The minimum Gasteiger partial charge on any atom is -0.744 e. The Kier molecular flexibility index (Phi) is 6.86. The molecule has 0 aliphatic rings. The van der Waals surface area contributed by atoms with Crippen LogP contribution in [0.2, 0.25) is 0 Å². The maximum absolute atomic E-state index is 10.4. The molecule has 1 aromatic carbocycles. The van der Waals surface area contributed by atoms with E-state index in [0.29, 0.717) is 0 Å². The molecular formula is C16H18N2O3S4. The summed E-state index contributed by atoms with van der Waals surface area (Å²) in [5, 5.41) is 0. The second kappa shape index (κ2) is 8.50. The number of hydrogen-bond donors (Lipinski definition) is 0. The molecule has 25 heavy (non-hydrogen) atoms. The zero-order chi connectivity index (χ0) is 18.6. The van der Waals surface area contributed by atoms with Crippen LogP contribution in [0.25, 0.3) is 10.2 Å². The quantitative estimate of drug-likeness (QED) is 0.371. The monoisotopic (exact) mass is 414 g/mol. The fourth-order valence-corrected chi connectivity index (χ4v) is 4.84. The van der Waals surface area contributed by atoms with Crippen LogP contribution >= 0.6 is 34.9 Å². The van der Waals surface area contributed by atoms with Crippen LogP contribution in [0.3, 0.4) is 0 Å². The van der Waals surface area contributed by atoms with Crippen molar-refractivity contribution in [2.45, 2.75) is 21.1 Å².